The fraction of sp³-hybridized carbons (Fsp3) is 0.286. The highest BCUT2D eigenvalue weighted by Crippen LogP contribution is 2.11. The lowest BCUT2D eigenvalue weighted by molar-refractivity contribution is -0.123. The van der Waals surface area contributed by atoms with Crippen LogP contribution in [0.5, 0.6) is 0 Å². The van der Waals surface area contributed by atoms with Gasteiger partial charge in [-0.15, -0.1) is 0 Å². The van der Waals surface area contributed by atoms with E-state index in [1.54, 1.807) is 13.2 Å². The van der Waals surface area contributed by atoms with E-state index in [2.05, 4.69) is 20.8 Å². The maximum absolute atomic E-state index is 12.1. The molecule has 5 heteroatoms. The van der Waals surface area contributed by atoms with E-state index in [1.165, 1.54) is 0 Å². The number of amides is 1. The molecule has 1 atom stereocenters. The third kappa shape index (κ3) is 3.66. The first-order chi connectivity index (χ1) is 9.31. The molecule has 100 valence electrons. The number of hydrogen-bond donors (Lipinski definition) is 3. The Bertz CT molecular complexity index is 495. The molecule has 1 heterocycles. The number of likely N-dealkylation sites (N-methyl/N-ethyl adjacent to an activating group) is 1. The predicted octanol–water partition coefficient (Wildman–Crippen LogP) is 1.03. The van der Waals surface area contributed by atoms with E-state index in [1.807, 2.05) is 36.5 Å². The average molecular weight is 258 g/mol. The summed E-state index contributed by atoms with van der Waals surface area (Å²) in [7, 11) is 1.79. The first kappa shape index (κ1) is 13.3. The van der Waals surface area contributed by atoms with Crippen molar-refractivity contribution in [1.29, 1.82) is 0 Å². The van der Waals surface area contributed by atoms with Gasteiger partial charge in [-0.2, -0.15) is 5.10 Å². The van der Waals surface area contributed by atoms with Crippen molar-refractivity contribution in [2.45, 2.75) is 12.5 Å². The van der Waals surface area contributed by atoms with Gasteiger partial charge in [0.15, 0.2) is 0 Å². The summed E-state index contributed by atoms with van der Waals surface area (Å²) >= 11 is 0. The summed E-state index contributed by atoms with van der Waals surface area (Å²) in [5.74, 6) is -0.0165. The van der Waals surface area contributed by atoms with Gasteiger partial charge >= 0.3 is 0 Å². The molecule has 2 rings (SSSR count). The SMILES string of the molecule is CN[C@H](C(=O)NCCc1cn[nH]c1)c1ccccc1. The summed E-state index contributed by atoms with van der Waals surface area (Å²) in [4.78, 5) is 12.1. The van der Waals surface area contributed by atoms with Gasteiger partial charge in [-0.05, 0) is 24.6 Å². The number of benzene rings is 1. The maximum Gasteiger partial charge on any atom is 0.241 e. The molecule has 0 radical (unpaired) electrons. The number of hydrogen-bond acceptors (Lipinski definition) is 3. The van der Waals surface area contributed by atoms with E-state index in [0.717, 1.165) is 17.5 Å². The molecule has 0 unspecified atom stereocenters. The molecule has 3 N–H and O–H groups in total. The van der Waals surface area contributed by atoms with Crippen molar-refractivity contribution in [2.24, 2.45) is 0 Å². The van der Waals surface area contributed by atoms with E-state index < -0.39 is 0 Å². The zero-order valence-corrected chi connectivity index (χ0v) is 10.9. The lowest BCUT2D eigenvalue weighted by atomic mass is 10.1. The summed E-state index contributed by atoms with van der Waals surface area (Å²) in [6.07, 6.45) is 4.37. The molecule has 5 nitrogen and oxygen atoms in total. The van der Waals surface area contributed by atoms with E-state index in [4.69, 9.17) is 0 Å². The normalized spacial score (nSPS) is 12.1. The zero-order chi connectivity index (χ0) is 13.5. The molecule has 0 aliphatic rings. The van der Waals surface area contributed by atoms with Gasteiger partial charge in [0, 0.05) is 12.7 Å². The van der Waals surface area contributed by atoms with Gasteiger partial charge in [0.25, 0.3) is 0 Å². The Morgan fingerprint density at radius 2 is 2.16 bits per heavy atom. The average Bonchev–Trinajstić information content (AvgIpc) is 2.94. The van der Waals surface area contributed by atoms with E-state index in [9.17, 15) is 4.79 Å². The lowest BCUT2D eigenvalue weighted by Gasteiger charge is -2.16. The second-order valence-electron chi connectivity index (χ2n) is 4.28. The Balaban J connectivity index is 1.87. The number of H-pyrrole nitrogens is 1. The quantitative estimate of drug-likeness (QED) is 0.725. The third-order valence-corrected chi connectivity index (χ3v) is 2.95. The number of carbonyl (C=O) groups excluding carboxylic acids is 1. The molecule has 2 aromatic rings. The molecule has 19 heavy (non-hydrogen) atoms. The number of nitrogens with zero attached hydrogens (tertiary/aromatic N) is 1. The molecule has 1 amide bonds. The van der Waals surface area contributed by atoms with Crippen molar-refractivity contribution in [3.05, 3.63) is 53.9 Å². The molecule has 0 saturated heterocycles. The van der Waals surface area contributed by atoms with Crippen LogP contribution in [-0.2, 0) is 11.2 Å². The van der Waals surface area contributed by atoms with Crippen molar-refractivity contribution >= 4 is 5.91 Å². The van der Waals surface area contributed by atoms with Crippen molar-refractivity contribution in [1.82, 2.24) is 20.8 Å². The molecule has 0 aliphatic heterocycles. The van der Waals surface area contributed by atoms with Crippen LogP contribution in [0.25, 0.3) is 0 Å². The van der Waals surface area contributed by atoms with Crippen LogP contribution >= 0.6 is 0 Å². The van der Waals surface area contributed by atoms with Crippen molar-refractivity contribution in [3.63, 3.8) is 0 Å². The van der Waals surface area contributed by atoms with Gasteiger partial charge in [0.05, 0.1) is 6.20 Å². The number of carbonyl (C=O) groups is 1. The summed E-state index contributed by atoms with van der Waals surface area (Å²) in [5, 5.41) is 12.6. The first-order valence-electron chi connectivity index (χ1n) is 6.29. The van der Waals surface area contributed by atoms with Crippen LogP contribution in [0.4, 0.5) is 0 Å². The highest BCUT2D eigenvalue weighted by molar-refractivity contribution is 5.83. The van der Waals surface area contributed by atoms with Crippen LogP contribution in [0.2, 0.25) is 0 Å². The minimum absolute atomic E-state index is 0.0165. The molecule has 1 aromatic heterocycles. The Labute approximate surface area is 112 Å². The van der Waals surface area contributed by atoms with Gasteiger partial charge in [-0.1, -0.05) is 30.3 Å². The number of aromatic nitrogens is 2. The van der Waals surface area contributed by atoms with E-state index >= 15 is 0 Å². The minimum atomic E-state index is -0.314. The van der Waals surface area contributed by atoms with Crippen LogP contribution in [0, 0.1) is 0 Å². The second kappa shape index (κ2) is 6.70. The molecule has 0 saturated carbocycles. The summed E-state index contributed by atoms with van der Waals surface area (Å²) < 4.78 is 0. The van der Waals surface area contributed by atoms with Crippen molar-refractivity contribution in [2.75, 3.05) is 13.6 Å². The van der Waals surface area contributed by atoms with Crippen LogP contribution in [0.15, 0.2) is 42.7 Å². The largest absolute Gasteiger partial charge is 0.354 e. The second-order valence-corrected chi connectivity index (χ2v) is 4.28. The highest BCUT2D eigenvalue weighted by atomic mass is 16.2. The molecule has 1 aromatic carbocycles. The Hall–Kier alpha value is -2.14. The van der Waals surface area contributed by atoms with Crippen molar-refractivity contribution in [3.8, 4) is 0 Å². The monoisotopic (exact) mass is 258 g/mol. The van der Waals surface area contributed by atoms with E-state index in [0.29, 0.717) is 6.54 Å². The standard InChI is InChI=1S/C14H18N4O/c1-15-13(12-5-3-2-4-6-12)14(19)16-8-7-11-9-17-18-10-11/h2-6,9-10,13,15H,7-8H2,1H3,(H,16,19)(H,17,18)/t13-/m0/s1. The Kier molecular flexibility index (Phi) is 4.69. The van der Waals surface area contributed by atoms with Crippen molar-refractivity contribution < 1.29 is 4.79 Å². The van der Waals surface area contributed by atoms with Gasteiger partial charge < -0.3 is 10.6 Å². The maximum atomic E-state index is 12.1. The van der Waals surface area contributed by atoms with Gasteiger partial charge in [-0.3, -0.25) is 9.89 Å². The predicted molar refractivity (Wildman–Crippen MR) is 73.5 cm³/mol. The van der Waals surface area contributed by atoms with Crippen LogP contribution < -0.4 is 10.6 Å². The molecule has 0 bridgehead atoms. The molecular formula is C14H18N4O. The van der Waals surface area contributed by atoms with Gasteiger partial charge in [-0.25, -0.2) is 0 Å². The molecule has 0 fully saturated rings. The van der Waals surface area contributed by atoms with Gasteiger partial charge in [0.2, 0.25) is 5.91 Å². The Morgan fingerprint density at radius 1 is 1.37 bits per heavy atom. The van der Waals surface area contributed by atoms with E-state index in [-0.39, 0.29) is 11.9 Å². The smallest absolute Gasteiger partial charge is 0.241 e. The highest BCUT2D eigenvalue weighted by Gasteiger charge is 2.17. The number of rotatable bonds is 6. The molecule has 0 spiro atoms. The topological polar surface area (TPSA) is 69.8 Å². The van der Waals surface area contributed by atoms with Crippen LogP contribution in [0.3, 0.4) is 0 Å². The summed E-state index contributed by atoms with van der Waals surface area (Å²) in [5.41, 5.74) is 2.05. The minimum Gasteiger partial charge on any atom is -0.354 e. The number of aromatic amines is 1. The zero-order valence-electron chi connectivity index (χ0n) is 10.9. The molecular weight excluding hydrogens is 240 g/mol. The Morgan fingerprint density at radius 3 is 2.79 bits per heavy atom. The van der Waals surface area contributed by atoms with Crippen LogP contribution in [-0.4, -0.2) is 29.7 Å². The third-order valence-electron chi connectivity index (χ3n) is 2.95. The summed E-state index contributed by atoms with van der Waals surface area (Å²) in [6, 6.07) is 9.36. The lowest BCUT2D eigenvalue weighted by Crippen LogP contribution is -2.36. The first-order valence-corrected chi connectivity index (χ1v) is 6.29. The molecule has 0 aliphatic carbocycles. The van der Waals surface area contributed by atoms with Gasteiger partial charge in [0.1, 0.15) is 6.04 Å². The number of nitrogens with one attached hydrogen (secondary N) is 3. The van der Waals surface area contributed by atoms with Crippen LogP contribution in [0.1, 0.15) is 17.2 Å². The fourth-order valence-corrected chi connectivity index (χ4v) is 1.94. The fourth-order valence-electron chi connectivity index (χ4n) is 1.94. The summed E-state index contributed by atoms with van der Waals surface area (Å²) in [6.45, 7) is 0.601.